The summed E-state index contributed by atoms with van der Waals surface area (Å²) in [6.45, 7) is 10.4. The number of rotatable bonds is 11. The molecular weight excluding hydrogens is 657 g/mol. The van der Waals surface area contributed by atoms with Gasteiger partial charge in [-0.1, -0.05) is 78.5 Å². The fourth-order valence-electron chi connectivity index (χ4n) is 4.82. The summed E-state index contributed by atoms with van der Waals surface area (Å²) in [4.78, 5) is 64.1. The molecule has 3 N–H and O–H groups in total. The third kappa shape index (κ3) is 7.58. The van der Waals surface area contributed by atoms with Gasteiger partial charge in [0.15, 0.2) is 11.2 Å². The van der Waals surface area contributed by atoms with E-state index < -0.39 is 58.7 Å². The van der Waals surface area contributed by atoms with E-state index in [0.717, 1.165) is 22.7 Å². The second-order valence-corrected chi connectivity index (χ2v) is 13.6. The Hall–Kier alpha value is -5.02. The Kier molecular flexibility index (Phi) is 10.3. The topological polar surface area (TPSA) is 175 Å². The summed E-state index contributed by atoms with van der Waals surface area (Å²) in [5.41, 5.74) is 6.65. The Morgan fingerprint density at radius 2 is 1.73 bits per heavy atom. The second kappa shape index (κ2) is 14.4. The number of benzene rings is 2. The number of carbonyl (C=O) groups is 4. The first-order valence-corrected chi connectivity index (χ1v) is 16.7. The molecule has 0 aliphatic carbocycles. The summed E-state index contributed by atoms with van der Waals surface area (Å²) in [5.74, 6) is -2.63. The average molecular weight is 691 g/mol. The summed E-state index contributed by atoms with van der Waals surface area (Å²) in [6.07, 6.45) is -0.395. The van der Waals surface area contributed by atoms with Gasteiger partial charge in [-0.25, -0.2) is 9.59 Å². The monoisotopic (exact) mass is 690 g/mol. The maximum atomic E-state index is 13.9. The standard InChI is InChI=1S/C33H34N6O7S2/c1-6-19-17-47-29-23(35-27(40)22(26-36-32(34)48-38-26)37-46-18(2)30(42)45-33(3,4)5)28(41)39(29)24(19)31(43)44-25(20-13-9-7-10-14-20)21-15-11-8-12-16-21/h6-16,18,23,25,29H,1,17H2,2-5H3,(H,35,40)(H2,34,36,38)/t18?,23?,29-/m0/s1. The van der Waals surface area contributed by atoms with Crippen LogP contribution in [0.4, 0.5) is 5.13 Å². The highest BCUT2D eigenvalue weighted by Crippen LogP contribution is 2.42. The number of nitrogens with one attached hydrogen (secondary N) is 1. The summed E-state index contributed by atoms with van der Waals surface area (Å²) in [7, 11) is 0. The highest BCUT2D eigenvalue weighted by Gasteiger charge is 2.54. The summed E-state index contributed by atoms with van der Waals surface area (Å²) in [6, 6.07) is 17.5. The van der Waals surface area contributed by atoms with Gasteiger partial charge in [0, 0.05) is 17.3 Å². The summed E-state index contributed by atoms with van der Waals surface area (Å²) in [5, 5.41) is 5.93. The number of ether oxygens (including phenoxy) is 2. The van der Waals surface area contributed by atoms with Gasteiger partial charge in [-0.05, 0) is 44.4 Å². The number of hydrogen-bond acceptors (Lipinski definition) is 13. The van der Waals surface area contributed by atoms with Crippen molar-refractivity contribution in [3.05, 3.63) is 102 Å². The molecule has 0 radical (unpaired) electrons. The van der Waals surface area contributed by atoms with E-state index in [4.69, 9.17) is 20.0 Å². The van der Waals surface area contributed by atoms with Crippen molar-refractivity contribution in [2.24, 2.45) is 5.16 Å². The Labute approximate surface area is 285 Å². The largest absolute Gasteiger partial charge is 0.457 e. The predicted octanol–water partition coefficient (Wildman–Crippen LogP) is 3.74. The van der Waals surface area contributed by atoms with Crippen LogP contribution in [0.25, 0.3) is 0 Å². The number of esters is 2. The predicted molar refractivity (Wildman–Crippen MR) is 180 cm³/mol. The first-order chi connectivity index (χ1) is 22.9. The molecule has 1 aromatic heterocycles. The molecule has 48 heavy (non-hydrogen) atoms. The highest BCUT2D eigenvalue weighted by atomic mass is 32.2. The van der Waals surface area contributed by atoms with Gasteiger partial charge >= 0.3 is 11.9 Å². The highest BCUT2D eigenvalue weighted by molar-refractivity contribution is 8.00. The van der Waals surface area contributed by atoms with E-state index in [0.29, 0.717) is 11.3 Å². The van der Waals surface area contributed by atoms with Gasteiger partial charge in [0.05, 0.1) is 0 Å². The summed E-state index contributed by atoms with van der Waals surface area (Å²) < 4.78 is 15.4. The number of oxime groups is 1. The minimum absolute atomic E-state index is 0.0541. The first-order valence-electron chi connectivity index (χ1n) is 14.9. The number of β-lactam (4-membered cyclic amide) rings is 1. The lowest BCUT2D eigenvalue weighted by molar-refractivity contribution is -0.167. The van der Waals surface area contributed by atoms with Crippen molar-refractivity contribution in [2.45, 2.75) is 56.9 Å². The molecule has 3 aromatic rings. The quantitative estimate of drug-likeness (QED) is 0.130. The molecule has 0 saturated carbocycles. The Morgan fingerprint density at radius 1 is 1.10 bits per heavy atom. The average Bonchev–Trinajstić information content (AvgIpc) is 3.50. The number of aromatic nitrogens is 2. The first kappa shape index (κ1) is 34.3. The molecule has 2 aromatic carbocycles. The van der Waals surface area contributed by atoms with Crippen LogP contribution < -0.4 is 11.1 Å². The van der Waals surface area contributed by atoms with Crippen LogP contribution in [-0.4, -0.2) is 72.6 Å². The van der Waals surface area contributed by atoms with Gasteiger partial charge < -0.3 is 25.4 Å². The van der Waals surface area contributed by atoms with E-state index >= 15 is 0 Å². The third-order valence-corrected chi connectivity index (χ3v) is 8.91. The number of amides is 2. The van der Waals surface area contributed by atoms with Gasteiger partial charge in [-0.3, -0.25) is 14.5 Å². The minimum Gasteiger partial charge on any atom is -0.457 e. The number of fused-ring (bicyclic) bond motifs is 1. The lowest BCUT2D eigenvalue weighted by Gasteiger charge is -2.49. The second-order valence-electron chi connectivity index (χ2n) is 11.7. The molecule has 15 heteroatoms. The van der Waals surface area contributed by atoms with Gasteiger partial charge in [-0.15, -0.1) is 11.8 Å². The van der Waals surface area contributed by atoms with Crippen LogP contribution in [0.15, 0.2) is 89.7 Å². The van der Waals surface area contributed by atoms with Crippen molar-refractivity contribution >= 4 is 57.9 Å². The van der Waals surface area contributed by atoms with Gasteiger partial charge in [0.25, 0.3) is 11.8 Å². The molecule has 0 bridgehead atoms. The number of thioether (sulfide) groups is 1. The number of carbonyl (C=O) groups excluding carboxylic acids is 4. The van der Waals surface area contributed by atoms with Crippen LogP contribution in [0.5, 0.6) is 0 Å². The van der Waals surface area contributed by atoms with E-state index in [1.54, 1.807) is 20.8 Å². The number of allylic oxidation sites excluding steroid dienone is 1. The molecule has 5 rings (SSSR count). The molecule has 1 saturated heterocycles. The minimum atomic E-state index is -1.18. The van der Waals surface area contributed by atoms with Crippen molar-refractivity contribution in [1.82, 2.24) is 19.6 Å². The van der Waals surface area contributed by atoms with E-state index in [1.807, 2.05) is 60.7 Å². The number of nitrogens with two attached hydrogens (primary N) is 1. The molecule has 3 atom stereocenters. The van der Waals surface area contributed by atoms with Crippen LogP contribution in [0.3, 0.4) is 0 Å². The number of nitrogens with zero attached hydrogens (tertiary/aromatic N) is 4. The Balaban J connectivity index is 1.35. The SMILES string of the molecule is C=CC1=C(C(=O)OC(c2ccccc2)c2ccccc2)N2C(=O)C(NC(=O)C(=NOC(C)C(=O)OC(C)(C)C)c3nsc(N)n3)[C@@H]2SC1. The van der Waals surface area contributed by atoms with Crippen LogP contribution in [-0.2, 0) is 33.5 Å². The number of hydrogen-bond donors (Lipinski definition) is 2. The zero-order valence-corrected chi connectivity index (χ0v) is 28.2. The molecule has 3 heterocycles. The molecule has 1 fully saturated rings. The molecule has 2 aliphatic rings. The summed E-state index contributed by atoms with van der Waals surface area (Å²) >= 11 is 2.17. The van der Waals surface area contributed by atoms with Crippen molar-refractivity contribution in [3.63, 3.8) is 0 Å². The van der Waals surface area contributed by atoms with Crippen LogP contribution in [0.1, 0.15) is 50.8 Å². The third-order valence-electron chi connectivity index (χ3n) is 7.06. The van der Waals surface area contributed by atoms with Crippen LogP contribution >= 0.6 is 23.3 Å². The van der Waals surface area contributed by atoms with E-state index in [2.05, 4.69) is 26.4 Å². The van der Waals surface area contributed by atoms with Gasteiger partial charge in [0.2, 0.25) is 17.6 Å². The fourth-order valence-corrected chi connectivity index (χ4v) is 6.59. The zero-order valence-electron chi connectivity index (χ0n) is 26.6. The lowest BCUT2D eigenvalue weighted by Crippen LogP contribution is -2.71. The van der Waals surface area contributed by atoms with E-state index in [9.17, 15) is 19.2 Å². The molecule has 0 spiro atoms. The zero-order chi connectivity index (χ0) is 34.6. The van der Waals surface area contributed by atoms with E-state index in [1.165, 1.54) is 29.7 Å². The smallest absolute Gasteiger partial charge is 0.356 e. The maximum Gasteiger partial charge on any atom is 0.356 e. The van der Waals surface area contributed by atoms with E-state index in [-0.39, 0.29) is 16.7 Å². The van der Waals surface area contributed by atoms with Crippen molar-refractivity contribution < 1.29 is 33.5 Å². The van der Waals surface area contributed by atoms with Crippen LogP contribution in [0, 0.1) is 0 Å². The molecule has 2 unspecified atom stereocenters. The fraction of sp³-hybridized carbons (Fsp3) is 0.303. The lowest BCUT2D eigenvalue weighted by atomic mass is 10.0. The molecule has 250 valence electrons. The molecule has 2 aliphatic heterocycles. The molecule has 2 amide bonds. The Morgan fingerprint density at radius 3 is 2.27 bits per heavy atom. The van der Waals surface area contributed by atoms with Crippen molar-refractivity contribution in [1.29, 1.82) is 0 Å². The number of anilines is 1. The van der Waals surface area contributed by atoms with Gasteiger partial charge in [0.1, 0.15) is 22.7 Å². The van der Waals surface area contributed by atoms with Crippen molar-refractivity contribution in [3.8, 4) is 0 Å². The normalized spacial score (nSPS) is 18.4. The Bertz CT molecular complexity index is 1730. The van der Waals surface area contributed by atoms with Crippen molar-refractivity contribution in [2.75, 3.05) is 11.5 Å². The maximum absolute atomic E-state index is 13.9. The van der Waals surface area contributed by atoms with Crippen LogP contribution in [0.2, 0.25) is 0 Å². The number of nitrogen functional groups attached to an aromatic ring is 1. The molecule has 13 nitrogen and oxygen atoms in total. The van der Waals surface area contributed by atoms with Gasteiger partial charge in [-0.2, -0.15) is 9.36 Å². The molecular formula is C33H34N6O7S2.